The van der Waals surface area contributed by atoms with E-state index in [1.807, 2.05) is 12.1 Å². The van der Waals surface area contributed by atoms with Crippen molar-refractivity contribution in [1.29, 1.82) is 0 Å². The van der Waals surface area contributed by atoms with Gasteiger partial charge in [-0.3, -0.25) is 0 Å². The van der Waals surface area contributed by atoms with Crippen LogP contribution in [0.2, 0.25) is 0 Å². The second-order valence-electron chi connectivity index (χ2n) is 3.27. The molecule has 1 aliphatic rings. The van der Waals surface area contributed by atoms with Gasteiger partial charge in [-0.25, -0.2) is 8.78 Å². The highest BCUT2D eigenvalue weighted by Crippen LogP contribution is 2.36. The van der Waals surface area contributed by atoms with Crippen LogP contribution < -0.4 is 0 Å². The summed E-state index contributed by atoms with van der Waals surface area (Å²) >= 11 is 0. The van der Waals surface area contributed by atoms with Crippen molar-refractivity contribution in [2.24, 2.45) is 0 Å². The van der Waals surface area contributed by atoms with Gasteiger partial charge in [-0.2, -0.15) is 0 Å². The molecular formula is C12H5F2. The van der Waals surface area contributed by atoms with Crippen LogP contribution in [0.3, 0.4) is 0 Å². The molecule has 0 unspecified atom stereocenters. The highest BCUT2D eigenvalue weighted by molar-refractivity contribution is 5.99. The second kappa shape index (κ2) is 2.41. The van der Waals surface area contributed by atoms with E-state index in [0.29, 0.717) is 10.9 Å². The lowest BCUT2D eigenvalue weighted by Crippen LogP contribution is -1.85. The van der Waals surface area contributed by atoms with E-state index >= 15 is 0 Å². The van der Waals surface area contributed by atoms with Crippen molar-refractivity contribution in [3.63, 3.8) is 0 Å². The van der Waals surface area contributed by atoms with Gasteiger partial charge in [0.2, 0.25) is 0 Å². The lowest BCUT2D eigenvalue weighted by atomic mass is 10.0. The molecule has 2 aromatic carbocycles. The van der Waals surface area contributed by atoms with Gasteiger partial charge in [0.1, 0.15) is 11.6 Å². The summed E-state index contributed by atoms with van der Waals surface area (Å²) in [5.74, 6) is -1.12. The molecule has 0 N–H and O–H groups in total. The lowest BCUT2D eigenvalue weighted by Gasteiger charge is -2.02. The van der Waals surface area contributed by atoms with Gasteiger partial charge in [-0.05, 0) is 17.0 Å². The van der Waals surface area contributed by atoms with Gasteiger partial charge < -0.3 is 0 Å². The van der Waals surface area contributed by atoms with Gasteiger partial charge in [0.15, 0.2) is 0 Å². The molecule has 14 heavy (non-hydrogen) atoms. The van der Waals surface area contributed by atoms with Gasteiger partial charge >= 0.3 is 0 Å². The van der Waals surface area contributed by atoms with Gasteiger partial charge in [-0.1, -0.05) is 24.3 Å². The largest absolute Gasteiger partial charge is 0.206 e. The van der Waals surface area contributed by atoms with Crippen molar-refractivity contribution >= 4 is 16.6 Å². The molecule has 0 saturated heterocycles. The zero-order chi connectivity index (χ0) is 9.71. The summed E-state index contributed by atoms with van der Waals surface area (Å²) in [5.41, 5.74) is 0.688. The minimum atomic E-state index is -0.602. The van der Waals surface area contributed by atoms with E-state index in [1.165, 1.54) is 6.07 Å². The second-order valence-corrected chi connectivity index (χ2v) is 3.27. The van der Waals surface area contributed by atoms with Crippen molar-refractivity contribution < 1.29 is 8.78 Å². The van der Waals surface area contributed by atoms with Crippen LogP contribution in [-0.2, 0) is 0 Å². The standard InChI is InChI=1S/C12H5F2/c13-9-5-4-7-2-1-3-8-6-10(14)12(9)11(7)8/h1-5H. The average Bonchev–Trinajstić information content (AvgIpc) is 2.51. The van der Waals surface area contributed by atoms with Crippen LogP contribution in [0.1, 0.15) is 11.1 Å². The molecule has 0 spiro atoms. The Morgan fingerprint density at radius 3 is 2.71 bits per heavy atom. The van der Waals surface area contributed by atoms with E-state index in [4.69, 9.17) is 0 Å². The fraction of sp³-hybridized carbons (Fsp3) is 0. The molecule has 0 aromatic heterocycles. The summed E-state index contributed by atoms with van der Waals surface area (Å²) in [5, 5.41) is 1.48. The summed E-state index contributed by atoms with van der Waals surface area (Å²) in [6.07, 6.45) is 2.52. The van der Waals surface area contributed by atoms with Crippen molar-refractivity contribution in [3.05, 3.63) is 53.4 Å². The van der Waals surface area contributed by atoms with E-state index in [9.17, 15) is 8.78 Å². The van der Waals surface area contributed by atoms with Crippen molar-refractivity contribution in [2.45, 2.75) is 0 Å². The Bertz CT molecular complexity index is 568. The molecule has 0 aliphatic heterocycles. The predicted octanol–water partition coefficient (Wildman–Crippen LogP) is 3.45. The first-order valence-electron chi connectivity index (χ1n) is 4.28. The summed E-state index contributed by atoms with van der Waals surface area (Å²) in [7, 11) is 0. The monoisotopic (exact) mass is 187 g/mol. The Hall–Kier alpha value is -1.70. The Labute approximate surface area is 79.5 Å². The SMILES string of the molecule is FC1=[C]c2cccc3ccc(F)c1c23. The molecule has 1 aliphatic carbocycles. The van der Waals surface area contributed by atoms with Crippen LogP contribution >= 0.6 is 0 Å². The molecule has 3 rings (SSSR count). The lowest BCUT2D eigenvalue weighted by molar-refractivity contribution is 0.618. The summed E-state index contributed by atoms with van der Waals surface area (Å²) in [4.78, 5) is 0. The van der Waals surface area contributed by atoms with Crippen molar-refractivity contribution in [1.82, 2.24) is 0 Å². The van der Waals surface area contributed by atoms with E-state index in [0.717, 1.165) is 5.39 Å². The summed E-state index contributed by atoms with van der Waals surface area (Å²) in [6, 6.07) is 8.32. The first kappa shape index (κ1) is 7.68. The molecule has 0 atom stereocenters. The van der Waals surface area contributed by atoms with Crippen LogP contribution in [0.25, 0.3) is 16.6 Å². The molecule has 0 nitrogen and oxygen atoms in total. The molecule has 2 heteroatoms. The molecule has 0 amide bonds. The molecule has 0 heterocycles. The number of hydrogen-bond donors (Lipinski definition) is 0. The van der Waals surface area contributed by atoms with Crippen LogP contribution in [0.15, 0.2) is 30.3 Å². The highest BCUT2D eigenvalue weighted by atomic mass is 19.1. The average molecular weight is 187 g/mol. The zero-order valence-electron chi connectivity index (χ0n) is 7.14. The first-order chi connectivity index (χ1) is 6.77. The van der Waals surface area contributed by atoms with Gasteiger partial charge in [-0.15, -0.1) is 0 Å². The topological polar surface area (TPSA) is 0 Å². The Kier molecular flexibility index (Phi) is 1.32. The molecule has 67 valence electrons. The quantitative estimate of drug-likeness (QED) is 0.592. The number of hydrogen-bond acceptors (Lipinski definition) is 0. The number of benzene rings is 2. The van der Waals surface area contributed by atoms with E-state index in [1.54, 1.807) is 12.1 Å². The molecule has 2 aromatic rings. The predicted molar refractivity (Wildman–Crippen MR) is 50.8 cm³/mol. The Morgan fingerprint density at radius 1 is 1.00 bits per heavy atom. The molecular weight excluding hydrogens is 182 g/mol. The van der Waals surface area contributed by atoms with Gasteiger partial charge in [0.25, 0.3) is 0 Å². The van der Waals surface area contributed by atoms with Gasteiger partial charge in [0, 0.05) is 11.5 Å². The Morgan fingerprint density at radius 2 is 1.86 bits per heavy atom. The third-order valence-electron chi connectivity index (χ3n) is 2.46. The van der Waals surface area contributed by atoms with Gasteiger partial charge in [0.05, 0.1) is 5.56 Å². The Balaban J connectivity index is 2.60. The number of halogens is 2. The van der Waals surface area contributed by atoms with Crippen LogP contribution in [0.5, 0.6) is 0 Å². The summed E-state index contributed by atoms with van der Waals surface area (Å²) in [6.45, 7) is 0. The maximum Gasteiger partial charge on any atom is 0.142 e. The number of rotatable bonds is 0. The van der Waals surface area contributed by atoms with Crippen LogP contribution in [-0.4, -0.2) is 0 Å². The zero-order valence-corrected chi connectivity index (χ0v) is 7.14. The molecule has 0 saturated carbocycles. The maximum atomic E-state index is 13.3. The third-order valence-corrected chi connectivity index (χ3v) is 2.46. The highest BCUT2D eigenvalue weighted by Gasteiger charge is 2.20. The fourth-order valence-electron chi connectivity index (χ4n) is 1.85. The third kappa shape index (κ3) is 0.803. The van der Waals surface area contributed by atoms with E-state index in [-0.39, 0.29) is 5.56 Å². The van der Waals surface area contributed by atoms with E-state index in [2.05, 4.69) is 6.08 Å². The van der Waals surface area contributed by atoms with Crippen LogP contribution in [0.4, 0.5) is 8.78 Å². The normalized spacial score (nSPS) is 13.4. The fourth-order valence-corrected chi connectivity index (χ4v) is 1.85. The van der Waals surface area contributed by atoms with Crippen molar-refractivity contribution in [3.8, 4) is 0 Å². The van der Waals surface area contributed by atoms with Crippen molar-refractivity contribution in [2.75, 3.05) is 0 Å². The smallest absolute Gasteiger partial charge is 0.142 e. The maximum absolute atomic E-state index is 13.3. The minimum absolute atomic E-state index is 0.0538. The van der Waals surface area contributed by atoms with Crippen LogP contribution in [0, 0.1) is 11.9 Å². The summed E-state index contributed by atoms with van der Waals surface area (Å²) < 4.78 is 26.6. The molecule has 0 bridgehead atoms. The minimum Gasteiger partial charge on any atom is -0.206 e. The van der Waals surface area contributed by atoms with E-state index < -0.39 is 11.6 Å². The molecule has 0 fully saturated rings. The molecule has 1 radical (unpaired) electrons. The first-order valence-corrected chi connectivity index (χ1v) is 4.28.